The summed E-state index contributed by atoms with van der Waals surface area (Å²) >= 11 is 0. The number of esters is 2. The van der Waals surface area contributed by atoms with Gasteiger partial charge >= 0.3 is 11.9 Å². The number of rotatable bonds is 44. The number of unbranched alkanes of at least 4 members (excludes halogenated alkanes) is 36. The minimum Gasteiger partial charge on any atom is -0.425 e. The lowest BCUT2D eigenvalue weighted by Gasteiger charge is -2.18. The van der Waals surface area contributed by atoms with Gasteiger partial charge in [-0.05, 0) is 19.3 Å². The molecule has 0 atom stereocenters. The second-order valence-electron chi connectivity index (χ2n) is 16.4. The van der Waals surface area contributed by atoms with Crippen molar-refractivity contribution >= 4 is 11.9 Å². The van der Waals surface area contributed by atoms with Crippen LogP contribution in [0.5, 0.6) is 0 Å². The van der Waals surface area contributed by atoms with Crippen LogP contribution < -0.4 is 0 Å². The molecule has 0 bridgehead atoms. The maximum absolute atomic E-state index is 12.6. The van der Waals surface area contributed by atoms with Crippen LogP contribution in [0.2, 0.25) is 0 Å². The molecule has 0 aromatic heterocycles. The van der Waals surface area contributed by atoms with E-state index in [-0.39, 0.29) is 11.9 Å². The van der Waals surface area contributed by atoms with E-state index in [9.17, 15) is 9.59 Å². The van der Waals surface area contributed by atoms with E-state index in [1.54, 1.807) is 0 Å². The summed E-state index contributed by atoms with van der Waals surface area (Å²) in [6, 6.07) is 0. The Kier molecular flexibility index (Phi) is 43.4. The molecule has 52 heavy (non-hydrogen) atoms. The van der Waals surface area contributed by atoms with Crippen molar-refractivity contribution in [2.45, 2.75) is 297 Å². The van der Waals surface area contributed by atoms with Gasteiger partial charge in [0.25, 0.3) is 0 Å². The van der Waals surface area contributed by atoms with Crippen LogP contribution >= 0.6 is 0 Å². The molecule has 0 heterocycles. The lowest BCUT2D eigenvalue weighted by Crippen LogP contribution is -2.24. The molecule has 0 rings (SSSR count). The van der Waals surface area contributed by atoms with Crippen LogP contribution in [0.25, 0.3) is 0 Å². The third kappa shape index (κ3) is 41.7. The second-order valence-corrected chi connectivity index (χ2v) is 16.4. The van der Waals surface area contributed by atoms with Crippen molar-refractivity contribution < 1.29 is 19.1 Å². The Labute approximate surface area is 326 Å². The van der Waals surface area contributed by atoms with Crippen LogP contribution in [0.3, 0.4) is 0 Å². The molecule has 0 aliphatic rings. The summed E-state index contributed by atoms with van der Waals surface area (Å²) in [4.78, 5) is 25.3. The van der Waals surface area contributed by atoms with Gasteiger partial charge in [-0.1, -0.05) is 252 Å². The van der Waals surface area contributed by atoms with Gasteiger partial charge < -0.3 is 9.47 Å². The van der Waals surface area contributed by atoms with E-state index in [1.165, 1.54) is 212 Å². The average molecular weight is 735 g/mol. The summed E-state index contributed by atoms with van der Waals surface area (Å²) in [6.45, 7) is 6.79. The molecule has 0 amide bonds. The Morgan fingerprint density at radius 3 is 0.712 bits per heavy atom. The molecule has 0 spiro atoms. The van der Waals surface area contributed by atoms with Crippen molar-refractivity contribution in [3.05, 3.63) is 0 Å². The molecule has 0 aliphatic carbocycles. The molecule has 0 aromatic rings. The Hall–Kier alpha value is -1.06. The summed E-state index contributed by atoms with van der Waals surface area (Å²) < 4.78 is 11.4. The van der Waals surface area contributed by atoms with E-state index in [0.717, 1.165) is 38.5 Å². The molecule has 0 fully saturated rings. The molecular formula is C48H94O4. The largest absolute Gasteiger partial charge is 0.425 e. The summed E-state index contributed by atoms with van der Waals surface area (Å²) in [6.07, 6.45) is 51.6. The summed E-state index contributed by atoms with van der Waals surface area (Å²) in [5.74, 6) is -0.407. The van der Waals surface area contributed by atoms with Crippen molar-refractivity contribution in [2.24, 2.45) is 0 Å². The quantitative estimate of drug-likeness (QED) is 0.0355. The van der Waals surface area contributed by atoms with Gasteiger partial charge in [-0.25, -0.2) is 0 Å². The third-order valence-electron chi connectivity index (χ3n) is 11.0. The molecule has 310 valence electrons. The molecule has 4 heteroatoms. The fourth-order valence-corrected chi connectivity index (χ4v) is 7.46. The highest BCUT2D eigenvalue weighted by atomic mass is 16.7. The smallest absolute Gasteiger partial charge is 0.308 e. The molecule has 0 aliphatic heterocycles. The lowest BCUT2D eigenvalue weighted by molar-refractivity contribution is -0.189. The number of carbonyl (C=O) groups is 2. The van der Waals surface area contributed by atoms with Crippen LogP contribution in [0, 0.1) is 0 Å². The number of carbonyl (C=O) groups excluding carboxylic acids is 2. The molecule has 0 radical (unpaired) electrons. The first kappa shape index (κ1) is 50.9. The van der Waals surface area contributed by atoms with Gasteiger partial charge in [0.1, 0.15) is 0 Å². The van der Waals surface area contributed by atoms with Crippen molar-refractivity contribution in [1.82, 2.24) is 0 Å². The summed E-state index contributed by atoms with van der Waals surface area (Å²) in [5.41, 5.74) is 0. The fourth-order valence-electron chi connectivity index (χ4n) is 7.46. The molecule has 0 saturated carbocycles. The topological polar surface area (TPSA) is 52.6 Å². The highest BCUT2D eigenvalue weighted by Crippen LogP contribution is 2.18. The minimum atomic E-state index is -0.710. The van der Waals surface area contributed by atoms with E-state index in [4.69, 9.17) is 9.47 Å². The highest BCUT2D eigenvalue weighted by molar-refractivity contribution is 5.71. The highest BCUT2D eigenvalue weighted by Gasteiger charge is 2.18. The van der Waals surface area contributed by atoms with Gasteiger partial charge in [0, 0.05) is 19.3 Å². The van der Waals surface area contributed by atoms with E-state index in [1.807, 2.05) is 0 Å². The Morgan fingerprint density at radius 1 is 0.288 bits per heavy atom. The van der Waals surface area contributed by atoms with Crippen LogP contribution in [-0.2, 0) is 19.1 Å². The predicted molar refractivity (Wildman–Crippen MR) is 227 cm³/mol. The van der Waals surface area contributed by atoms with Gasteiger partial charge in [0.15, 0.2) is 0 Å². The number of ether oxygens (including phenoxy) is 2. The van der Waals surface area contributed by atoms with Crippen molar-refractivity contribution in [3.8, 4) is 0 Å². The van der Waals surface area contributed by atoms with Crippen LogP contribution in [-0.4, -0.2) is 18.2 Å². The third-order valence-corrected chi connectivity index (χ3v) is 11.0. The standard InChI is InChI=1S/C48H94O4/c1-4-7-10-13-15-17-19-21-23-25-27-29-31-33-35-38-40-43-46(49)51-48(45-42-37-12-9-6-3)52-47(50)44-41-39-36-34-32-30-28-26-24-22-20-18-16-14-11-8-5-2/h48H,4-45H2,1-3H3. The van der Waals surface area contributed by atoms with Gasteiger partial charge in [0.05, 0.1) is 0 Å². The monoisotopic (exact) mass is 735 g/mol. The zero-order valence-electron chi connectivity index (χ0n) is 35.9. The van der Waals surface area contributed by atoms with Crippen molar-refractivity contribution in [3.63, 3.8) is 0 Å². The first-order chi connectivity index (χ1) is 25.6. The fraction of sp³-hybridized carbons (Fsp3) is 0.958. The lowest BCUT2D eigenvalue weighted by atomic mass is 10.0. The Bertz CT molecular complexity index is 654. The molecule has 0 unspecified atom stereocenters. The molecule has 0 aromatic carbocycles. The maximum atomic E-state index is 12.6. The van der Waals surface area contributed by atoms with E-state index >= 15 is 0 Å². The molecule has 0 saturated heterocycles. The number of hydrogen-bond donors (Lipinski definition) is 0. The average Bonchev–Trinajstić information content (AvgIpc) is 3.14. The second kappa shape index (κ2) is 44.3. The zero-order valence-corrected chi connectivity index (χ0v) is 35.9. The molecule has 4 nitrogen and oxygen atoms in total. The first-order valence-electron chi connectivity index (χ1n) is 24.0. The zero-order chi connectivity index (χ0) is 37.8. The van der Waals surface area contributed by atoms with E-state index < -0.39 is 6.29 Å². The normalized spacial score (nSPS) is 11.5. The molecule has 0 N–H and O–H groups in total. The van der Waals surface area contributed by atoms with Gasteiger partial charge in [-0.15, -0.1) is 0 Å². The number of hydrogen-bond acceptors (Lipinski definition) is 4. The SMILES string of the molecule is CCCCCCCCCCCCCCCCCCCC(=O)OC(CCCCCCC)OC(=O)CCCCCCCCCCCCCCCCCCC. The van der Waals surface area contributed by atoms with Crippen LogP contribution in [0.4, 0.5) is 0 Å². The minimum absolute atomic E-state index is 0.204. The Balaban J connectivity index is 3.87. The Morgan fingerprint density at radius 2 is 0.481 bits per heavy atom. The van der Waals surface area contributed by atoms with Crippen LogP contribution in [0.1, 0.15) is 290 Å². The first-order valence-corrected chi connectivity index (χ1v) is 24.0. The van der Waals surface area contributed by atoms with Crippen molar-refractivity contribution in [2.75, 3.05) is 0 Å². The van der Waals surface area contributed by atoms with E-state index in [2.05, 4.69) is 20.8 Å². The van der Waals surface area contributed by atoms with E-state index in [0.29, 0.717) is 19.3 Å². The van der Waals surface area contributed by atoms with Gasteiger partial charge in [-0.2, -0.15) is 0 Å². The summed E-state index contributed by atoms with van der Waals surface area (Å²) in [5, 5.41) is 0. The van der Waals surface area contributed by atoms with Crippen LogP contribution in [0.15, 0.2) is 0 Å². The maximum Gasteiger partial charge on any atom is 0.308 e. The van der Waals surface area contributed by atoms with Gasteiger partial charge in [-0.3, -0.25) is 9.59 Å². The van der Waals surface area contributed by atoms with Crippen molar-refractivity contribution in [1.29, 1.82) is 0 Å². The van der Waals surface area contributed by atoms with Gasteiger partial charge in [0.2, 0.25) is 6.29 Å². The summed E-state index contributed by atoms with van der Waals surface area (Å²) in [7, 11) is 0. The predicted octanol–water partition coefficient (Wildman–Crippen LogP) is 16.8. The molecular weight excluding hydrogens is 641 g/mol.